The van der Waals surface area contributed by atoms with Crippen molar-refractivity contribution in [2.75, 3.05) is 0 Å². The van der Waals surface area contributed by atoms with Crippen molar-refractivity contribution in [3.8, 4) is 11.3 Å². The molecule has 0 saturated carbocycles. The molecule has 0 aliphatic heterocycles. The molecular formula is C11H11N3O2. The first-order valence-electron chi connectivity index (χ1n) is 4.95. The van der Waals surface area contributed by atoms with Gasteiger partial charge in [-0.05, 0) is 18.1 Å². The Balaban J connectivity index is 2.50. The highest BCUT2D eigenvalue weighted by atomic mass is 16.4. The van der Waals surface area contributed by atoms with Gasteiger partial charge in [-0.3, -0.25) is 0 Å². The summed E-state index contributed by atoms with van der Waals surface area (Å²) in [7, 11) is 0. The van der Waals surface area contributed by atoms with Gasteiger partial charge in [0.05, 0.1) is 0 Å². The van der Waals surface area contributed by atoms with E-state index in [1.54, 1.807) is 0 Å². The van der Waals surface area contributed by atoms with Crippen molar-refractivity contribution in [2.45, 2.75) is 13.3 Å². The van der Waals surface area contributed by atoms with E-state index in [-0.39, 0.29) is 5.69 Å². The van der Waals surface area contributed by atoms with Gasteiger partial charge in [0.2, 0.25) is 0 Å². The summed E-state index contributed by atoms with van der Waals surface area (Å²) in [5, 5.41) is 18.7. The average molecular weight is 217 g/mol. The first-order chi connectivity index (χ1) is 7.72. The summed E-state index contributed by atoms with van der Waals surface area (Å²) in [6.45, 7) is 2.04. The number of hydrogen-bond acceptors (Lipinski definition) is 3. The minimum absolute atomic E-state index is 0.0479. The molecule has 1 aromatic heterocycles. The third-order valence-electron chi connectivity index (χ3n) is 2.36. The predicted molar refractivity (Wildman–Crippen MR) is 58.2 cm³/mol. The number of nitrogens with zero attached hydrogens (tertiary/aromatic N) is 2. The maximum atomic E-state index is 10.9. The summed E-state index contributed by atoms with van der Waals surface area (Å²) in [6.07, 6.45) is 0.897. The predicted octanol–water partition coefficient (Wildman–Crippen LogP) is 1.73. The number of rotatable bonds is 3. The number of aromatic carboxylic acids is 1. The second-order valence-electron chi connectivity index (χ2n) is 3.38. The Bertz CT molecular complexity index is 519. The van der Waals surface area contributed by atoms with Gasteiger partial charge in [-0.15, -0.1) is 5.10 Å². The van der Waals surface area contributed by atoms with Gasteiger partial charge >= 0.3 is 5.97 Å². The van der Waals surface area contributed by atoms with E-state index < -0.39 is 5.97 Å². The zero-order chi connectivity index (χ0) is 11.5. The molecule has 1 heterocycles. The molecule has 0 radical (unpaired) electrons. The summed E-state index contributed by atoms with van der Waals surface area (Å²) in [6, 6.07) is 7.62. The van der Waals surface area contributed by atoms with Crippen molar-refractivity contribution in [1.82, 2.24) is 15.4 Å². The first kappa shape index (κ1) is 10.4. The van der Waals surface area contributed by atoms with Crippen LogP contribution in [-0.4, -0.2) is 26.5 Å². The number of carboxylic acids is 1. The SMILES string of the molecule is CCc1cccc(-c2n[nH]nc2C(=O)O)c1. The fourth-order valence-electron chi connectivity index (χ4n) is 1.52. The highest BCUT2D eigenvalue weighted by Gasteiger charge is 2.16. The Morgan fingerprint density at radius 1 is 1.44 bits per heavy atom. The molecule has 82 valence electrons. The maximum absolute atomic E-state index is 10.9. The van der Waals surface area contributed by atoms with Gasteiger partial charge in [0.15, 0.2) is 5.69 Å². The van der Waals surface area contributed by atoms with E-state index in [4.69, 9.17) is 5.11 Å². The molecule has 0 unspecified atom stereocenters. The fraction of sp³-hybridized carbons (Fsp3) is 0.182. The molecule has 0 spiro atoms. The lowest BCUT2D eigenvalue weighted by molar-refractivity contribution is 0.0691. The largest absolute Gasteiger partial charge is 0.476 e. The van der Waals surface area contributed by atoms with Crippen LogP contribution in [0.2, 0.25) is 0 Å². The number of aromatic amines is 1. The van der Waals surface area contributed by atoms with Crippen LogP contribution in [0.3, 0.4) is 0 Å². The van der Waals surface area contributed by atoms with Gasteiger partial charge in [0.1, 0.15) is 5.69 Å². The molecule has 0 aliphatic carbocycles. The Morgan fingerprint density at radius 2 is 2.25 bits per heavy atom. The Kier molecular flexibility index (Phi) is 2.68. The van der Waals surface area contributed by atoms with Crippen LogP contribution >= 0.6 is 0 Å². The van der Waals surface area contributed by atoms with E-state index in [1.165, 1.54) is 0 Å². The molecule has 2 N–H and O–H groups in total. The summed E-state index contributed by atoms with van der Waals surface area (Å²) < 4.78 is 0. The van der Waals surface area contributed by atoms with Crippen LogP contribution in [-0.2, 0) is 6.42 Å². The normalized spacial score (nSPS) is 10.3. The fourth-order valence-corrected chi connectivity index (χ4v) is 1.52. The number of H-pyrrole nitrogens is 1. The monoisotopic (exact) mass is 217 g/mol. The van der Waals surface area contributed by atoms with Gasteiger partial charge in [-0.2, -0.15) is 10.3 Å². The van der Waals surface area contributed by atoms with E-state index in [9.17, 15) is 4.79 Å². The van der Waals surface area contributed by atoms with Crippen LogP contribution in [0, 0.1) is 0 Å². The zero-order valence-corrected chi connectivity index (χ0v) is 8.77. The molecule has 0 amide bonds. The lowest BCUT2D eigenvalue weighted by Gasteiger charge is -2.00. The summed E-state index contributed by atoms with van der Waals surface area (Å²) >= 11 is 0. The molecular weight excluding hydrogens is 206 g/mol. The van der Waals surface area contributed by atoms with E-state index in [2.05, 4.69) is 15.4 Å². The molecule has 0 aliphatic rings. The van der Waals surface area contributed by atoms with Crippen LogP contribution in [0.5, 0.6) is 0 Å². The van der Waals surface area contributed by atoms with Crippen LogP contribution in [0.1, 0.15) is 23.0 Å². The van der Waals surface area contributed by atoms with Gasteiger partial charge in [0.25, 0.3) is 0 Å². The van der Waals surface area contributed by atoms with Gasteiger partial charge in [0, 0.05) is 5.56 Å². The number of aryl methyl sites for hydroxylation is 1. The lowest BCUT2D eigenvalue weighted by Crippen LogP contribution is -1.99. The highest BCUT2D eigenvalue weighted by molar-refractivity contribution is 5.92. The van der Waals surface area contributed by atoms with Crippen LogP contribution in [0.25, 0.3) is 11.3 Å². The molecule has 5 nitrogen and oxygen atoms in total. The molecule has 0 atom stereocenters. The number of carboxylic acid groups (broad SMARTS) is 1. The molecule has 2 aromatic rings. The Hall–Kier alpha value is -2.17. The Labute approximate surface area is 92.1 Å². The van der Waals surface area contributed by atoms with Crippen molar-refractivity contribution in [3.63, 3.8) is 0 Å². The molecule has 1 aromatic carbocycles. The molecule has 2 rings (SSSR count). The van der Waals surface area contributed by atoms with E-state index in [1.807, 2.05) is 31.2 Å². The third-order valence-corrected chi connectivity index (χ3v) is 2.36. The van der Waals surface area contributed by atoms with Crippen LogP contribution < -0.4 is 0 Å². The van der Waals surface area contributed by atoms with Crippen molar-refractivity contribution >= 4 is 5.97 Å². The van der Waals surface area contributed by atoms with E-state index in [0.717, 1.165) is 17.5 Å². The van der Waals surface area contributed by atoms with E-state index >= 15 is 0 Å². The Morgan fingerprint density at radius 3 is 2.94 bits per heavy atom. The van der Waals surface area contributed by atoms with Crippen molar-refractivity contribution < 1.29 is 9.90 Å². The number of hydrogen-bond donors (Lipinski definition) is 2. The maximum Gasteiger partial charge on any atom is 0.358 e. The minimum Gasteiger partial charge on any atom is -0.476 e. The van der Waals surface area contributed by atoms with Crippen molar-refractivity contribution in [1.29, 1.82) is 0 Å². The summed E-state index contributed by atoms with van der Waals surface area (Å²) in [5.74, 6) is -1.08. The zero-order valence-electron chi connectivity index (χ0n) is 8.77. The van der Waals surface area contributed by atoms with Crippen LogP contribution in [0.15, 0.2) is 24.3 Å². The topological polar surface area (TPSA) is 78.9 Å². The molecule has 0 bridgehead atoms. The lowest BCUT2D eigenvalue weighted by atomic mass is 10.1. The van der Waals surface area contributed by atoms with Gasteiger partial charge in [-0.1, -0.05) is 25.1 Å². The molecule has 16 heavy (non-hydrogen) atoms. The highest BCUT2D eigenvalue weighted by Crippen LogP contribution is 2.20. The molecule has 5 heteroatoms. The summed E-state index contributed by atoms with van der Waals surface area (Å²) in [5.41, 5.74) is 2.23. The van der Waals surface area contributed by atoms with Crippen LogP contribution in [0.4, 0.5) is 0 Å². The third kappa shape index (κ3) is 1.79. The molecule has 0 fully saturated rings. The first-order valence-corrected chi connectivity index (χ1v) is 4.95. The number of aromatic nitrogens is 3. The standard InChI is InChI=1S/C11H11N3O2/c1-2-7-4-3-5-8(6-7)9-10(11(15)16)13-14-12-9/h3-6H,2H2,1H3,(H,15,16)(H,12,13,14). The molecule has 0 saturated heterocycles. The smallest absolute Gasteiger partial charge is 0.358 e. The number of nitrogens with one attached hydrogen (secondary N) is 1. The van der Waals surface area contributed by atoms with E-state index in [0.29, 0.717) is 5.69 Å². The van der Waals surface area contributed by atoms with Crippen molar-refractivity contribution in [3.05, 3.63) is 35.5 Å². The quantitative estimate of drug-likeness (QED) is 0.820. The van der Waals surface area contributed by atoms with Gasteiger partial charge in [-0.25, -0.2) is 4.79 Å². The second-order valence-corrected chi connectivity index (χ2v) is 3.38. The van der Waals surface area contributed by atoms with Crippen molar-refractivity contribution in [2.24, 2.45) is 0 Å². The number of carbonyl (C=O) groups is 1. The average Bonchev–Trinajstić information content (AvgIpc) is 2.78. The number of benzene rings is 1. The second kappa shape index (κ2) is 4.14. The minimum atomic E-state index is -1.08. The van der Waals surface area contributed by atoms with Gasteiger partial charge < -0.3 is 5.11 Å². The summed E-state index contributed by atoms with van der Waals surface area (Å²) in [4.78, 5) is 10.9.